The summed E-state index contributed by atoms with van der Waals surface area (Å²) in [7, 11) is 0. The first-order valence-electron chi connectivity index (χ1n) is 8.08. The molecule has 18 heavy (non-hydrogen) atoms. The lowest BCUT2D eigenvalue weighted by Gasteiger charge is -2.54. The fourth-order valence-electron chi connectivity index (χ4n) is 4.24. The number of piperidine rings is 2. The fraction of sp³-hybridized carbons (Fsp3) is 1.00. The second-order valence-corrected chi connectivity index (χ2v) is 6.92. The van der Waals surface area contributed by atoms with Crippen molar-refractivity contribution in [3.63, 3.8) is 0 Å². The molecule has 0 radical (unpaired) electrons. The van der Waals surface area contributed by atoms with Gasteiger partial charge in [0, 0.05) is 17.6 Å². The van der Waals surface area contributed by atoms with Gasteiger partial charge in [-0.05, 0) is 58.5 Å². The van der Waals surface area contributed by atoms with Crippen molar-refractivity contribution >= 4 is 0 Å². The van der Waals surface area contributed by atoms with Crippen molar-refractivity contribution in [2.75, 3.05) is 13.1 Å². The number of nitrogens with one attached hydrogen (secondary N) is 1. The minimum Gasteiger partial charge on any atom is -0.310 e. The van der Waals surface area contributed by atoms with E-state index in [1.54, 1.807) is 0 Å². The predicted molar refractivity (Wildman–Crippen MR) is 78.9 cm³/mol. The summed E-state index contributed by atoms with van der Waals surface area (Å²) in [5, 5.41) is 3.94. The van der Waals surface area contributed by atoms with E-state index in [2.05, 4.69) is 37.9 Å². The molecular weight excluding hydrogens is 220 g/mol. The van der Waals surface area contributed by atoms with E-state index >= 15 is 0 Å². The van der Waals surface area contributed by atoms with Crippen LogP contribution in [0.15, 0.2) is 0 Å². The zero-order valence-electron chi connectivity index (χ0n) is 12.8. The lowest BCUT2D eigenvalue weighted by atomic mass is 9.70. The summed E-state index contributed by atoms with van der Waals surface area (Å²) < 4.78 is 0. The second kappa shape index (κ2) is 5.92. The van der Waals surface area contributed by atoms with Crippen molar-refractivity contribution in [3.05, 3.63) is 0 Å². The second-order valence-electron chi connectivity index (χ2n) is 6.92. The first kappa shape index (κ1) is 14.3. The molecule has 2 unspecified atom stereocenters. The van der Waals surface area contributed by atoms with Gasteiger partial charge in [0.1, 0.15) is 0 Å². The maximum Gasteiger partial charge on any atom is 0.0360 e. The van der Waals surface area contributed by atoms with E-state index in [-0.39, 0.29) is 0 Å². The third-order valence-electron chi connectivity index (χ3n) is 5.30. The summed E-state index contributed by atoms with van der Waals surface area (Å²) >= 11 is 0. The molecule has 2 fully saturated rings. The molecule has 2 atom stereocenters. The molecule has 0 aromatic carbocycles. The van der Waals surface area contributed by atoms with E-state index in [0.717, 1.165) is 12.0 Å². The van der Waals surface area contributed by atoms with Gasteiger partial charge in [0.2, 0.25) is 0 Å². The number of likely N-dealkylation sites (tertiary alicyclic amines) is 1. The third kappa shape index (κ3) is 2.60. The molecular formula is C16H32N2. The molecule has 0 aromatic rings. The summed E-state index contributed by atoms with van der Waals surface area (Å²) in [6.07, 6.45) is 8.35. The van der Waals surface area contributed by atoms with Crippen LogP contribution in [0, 0.1) is 5.92 Å². The molecule has 0 amide bonds. The summed E-state index contributed by atoms with van der Waals surface area (Å²) in [6, 6.07) is 1.45. The molecule has 1 N–H and O–H groups in total. The topological polar surface area (TPSA) is 15.3 Å². The van der Waals surface area contributed by atoms with Crippen molar-refractivity contribution in [1.82, 2.24) is 10.2 Å². The highest BCUT2D eigenvalue weighted by Gasteiger charge is 2.45. The maximum atomic E-state index is 3.94. The number of hydrogen-bond donors (Lipinski definition) is 1. The van der Waals surface area contributed by atoms with Gasteiger partial charge in [-0.25, -0.2) is 0 Å². The molecule has 0 aliphatic carbocycles. The molecule has 0 spiro atoms. The molecule has 2 rings (SSSR count). The molecule has 2 heterocycles. The lowest BCUT2D eigenvalue weighted by molar-refractivity contribution is 0.000619. The third-order valence-corrected chi connectivity index (χ3v) is 5.30. The Morgan fingerprint density at radius 2 is 1.83 bits per heavy atom. The Morgan fingerprint density at radius 3 is 2.39 bits per heavy atom. The van der Waals surface area contributed by atoms with Crippen LogP contribution in [-0.4, -0.2) is 35.6 Å². The van der Waals surface area contributed by atoms with Crippen LogP contribution in [-0.2, 0) is 0 Å². The smallest absolute Gasteiger partial charge is 0.0360 e. The van der Waals surface area contributed by atoms with Gasteiger partial charge in [0.25, 0.3) is 0 Å². The average molecular weight is 252 g/mol. The van der Waals surface area contributed by atoms with Gasteiger partial charge in [-0.15, -0.1) is 0 Å². The highest BCUT2D eigenvalue weighted by atomic mass is 15.2. The van der Waals surface area contributed by atoms with E-state index < -0.39 is 0 Å². The standard InChI is InChI=1S/C16H32N2/c1-13(2)16(10-6-7-11-17-16)15-9-5-8-12-18(15)14(3)4/h13-15,17H,5-12H2,1-4H3. The molecule has 0 saturated carbocycles. The monoisotopic (exact) mass is 252 g/mol. The fourth-order valence-corrected chi connectivity index (χ4v) is 4.24. The first-order valence-corrected chi connectivity index (χ1v) is 8.08. The molecule has 2 aliphatic heterocycles. The Morgan fingerprint density at radius 1 is 1.06 bits per heavy atom. The zero-order chi connectivity index (χ0) is 13.2. The van der Waals surface area contributed by atoms with Crippen LogP contribution in [0.1, 0.15) is 66.2 Å². The summed E-state index contributed by atoms with van der Waals surface area (Å²) in [6.45, 7) is 12.1. The summed E-state index contributed by atoms with van der Waals surface area (Å²) in [5.74, 6) is 0.738. The number of rotatable bonds is 3. The molecule has 2 aliphatic rings. The molecule has 2 heteroatoms. The Kier molecular flexibility index (Phi) is 4.71. The molecule has 2 saturated heterocycles. The van der Waals surface area contributed by atoms with Crippen LogP contribution < -0.4 is 5.32 Å². The van der Waals surface area contributed by atoms with Crippen molar-refractivity contribution < 1.29 is 0 Å². The Labute approximate surface area is 114 Å². The van der Waals surface area contributed by atoms with Gasteiger partial charge in [-0.1, -0.05) is 26.7 Å². The van der Waals surface area contributed by atoms with Gasteiger partial charge in [-0.2, -0.15) is 0 Å². The normalized spacial score (nSPS) is 35.3. The zero-order valence-corrected chi connectivity index (χ0v) is 12.8. The quantitative estimate of drug-likeness (QED) is 0.828. The van der Waals surface area contributed by atoms with Gasteiger partial charge in [-0.3, -0.25) is 4.90 Å². The van der Waals surface area contributed by atoms with E-state index in [0.29, 0.717) is 11.6 Å². The van der Waals surface area contributed by atoms with Crippen molar-refractivity contribution in [2.24, 2.45) is 5.92 Å². The maximum absolute atomic E-state index is 3.94. The first-order chi connectivity index (χ1) is 8.58. The van der Waals surface area contributed by atoms with E-state index in [1.807, 2.05) is 0 Å². The molecule has 0 bridgehead atoms. The van der Waals surface area contributed by atoms with Crippen molar-refractivity contribution in [2.45, 2.75) is 83.8 Å². The van der Waals surface area contributed by atoms with Crippen LogP contribution in [0.3, 0.4) is 0 Å². The lowest BCUT2D eigenvalue weighted by Crippen LogP contribution is -2.67. The average Bonchev–Trinajstić information content (AvgIpc) is 2.39. The molecule has 106 valence electrons. The Balaban J connectivity index is 2.22. The van der Waals surface area contributed by atoms with E-state index in [4.69, 9.17) is 0 Å². The number of hydrogen-bond acceptors (Lipinski definition) is 2. The Hall–Kier alpha value is -0.0800. The van der Waals surface area contributed by atoms with Gasteiger partial charge in [0.05, 0.1) is 0 Å². The van der Waals surface area contributed by atoms with Crippen LogP contribution in [0.4, 0.5) is 0 Å². The van der Waals surface area contributed by atoms with Gasteiger partial charge < -0.3 is 5.32 Å². The largest absolute Gasteiger partial charge is 0.310 e. The van der Waals surface area contributed by atoms with Crippen LogP contribution in [0.5, 0.6) is 0 Å². The van der Waals surface area contributed by atoms with Crippen LogP contribution in [0.25, 0.3) is 0 Å². The van der Waals surface area contributed by atoms with E-state index in [9.17, 15) is 0 Å². The summed E-state index contributed by atoms with van der Waals surface area (Å²) in [5.41, 5.74) is 0.378. The minimum absolute atomic E-state index is 0.378. The molecule has 2 nitrogen and oxygen atoms in total. The SMILES string of the molecule is CC(C)N1CCCCC1C1(C(C)C)CCCCN1. The Bertz CT molecular complexity index is 254. The highest BCUT2D eigenvalue weighted by Crippen LogP contribution is 2.38. The van der Waals surface area contributed by atoms with Crippen molar-refractivity contribution in [1.29, 1.82) is 0 Å². The van der Waals surface area contributed by atoms with Gasteiger partial charge >= 0.3 is 0 Å². The highest BCUT2D eigenvalue weighted by molar-refractivity contribution is 5.05. The minimum atomic E-state index is 0.378. The van der Waals surface area contributed by atoms with E-state index in [1.165, 1.54) is 51.6 Å². The van der Waals surface area contributed by atoms with Gasteiger partial charge in [0.15, 0.2) is 0 Å². The van der Waals surface area contributed by atoms with Crippen LogP contribution in [0.2, 0.25) is 0 Å². The summed E-state index contributed by atoms with van der Waals surface area (Å²) in [4.78, 5) is 2.78. The van der Waals surface area contributed by atoms with Crippen molar-refractivity contribution in [3.8, 4) is 0 Å². The number of nitrogens with zero attached hydrogens (tertiary/aromatic N) is 1. The van der Waals surface area contributed by atoms with Crippen LogP contribution >= 0.6 is 0 Å². The molecule has 0 aromatic heterocycles. The predicted octanol–water partition coefficient (Wildman–Crippen LogP) is 3.42.